The normalized spacial score (nSPS) is 16.4. The van der Waals surface area contributed by atoms with E-state index in [4.69, 9.17) is 4.74 Å². The number of thioether (sulfide) groups is 1. The standard InChI is InChI=1S/C14H29NO2S/c1-7-9-15-14(6,13(16)17-8-2)10-18-12(5)11(3)4/h11-12,15H,7-10H2,1-6H3. The van der Waals surface area contributed by atoms with Crippen molar-refractivity contribution in [3.05, 3.63) is 0 Å². The first-order valence-electron chi connectivity index (χ1n) is 6.91. The van der Waals surface area contributed by atoms with Gasteiger partial charge >= 0.3 is 5.97 Å². The Bertz CT molecular complexity index is 246. The maximum atomic E-state index is 12.1. The van der Waals surface area contributed by atoms with Crippen molar-refractivity contribution in [3.63, 3.8) is 0 Å². The Morgan fingerprint density at radius 2 is 1.94 bits per heavy atom. The summed E-state index contributed by atoms with van der Waals surface area (Å²) in [5.41, 5.74) is -0.570. The van der Waals surface area contributed by atoms with Crippen molar-refractivity contribution in [2.45, 2.75) is 58.8 Å². The Balaban J connectivity index is 4.50. The lowest BCUT2D eigenvalue weighted by molar-refractivity contribution is -0.149. The minimum Gasteiger partial charge on any atom is -0.465 e. The van der Waals surface area contributed by atoms with Gasteiger partial charge in [-0.1, -0.05) is 27.7 Å². The van der Waals surface area contributed by atoms with Crippen LogP contribution in [0.5, 0.6) is 0 Å². The Hall–Kier alpha value is -0.220. The molecule has 0 bridgehead atoms. The van der Waals surface area contributed by atoms with E-state index in [1.807, 2.05) is 25.6 Å². The summed E-state index contributed by atoms with van der Waals surface area (Å²) < 4.78 is 5.18. The van der Waals surface area contributed by atoms with Crippen molar-refractivity contribution in [1.29, 1.82) is 0 Å². The van der Waals surface area contributed by atoms with Gasteiger partial charge in [-0.3, -0.25) is 4.79 Å². The first kappa shape index (κ1) is 17.8. The van der Waals surface area contributed by atoms with E-state index in [-0.39, 0.29) is 5.97 Å². The number of ether oxygens (including phenoxy) is 1. The fourth-order valence-electron chi connectivity index (χ4n) is 1.36. The van der Waals surface area contributed by atoms with E-state index < -0.39 is 5.54 Å². The molecule has 0 aromatic rings. The summed E-state index contributed by atoms with van der Waals surface area (Å²) in [4.78, 5) is 12.1. The third kappa shape index (κ3) is 6.10. The minimum absolute atomic E-state index is 0.137. The molecular formula is C14H29NO2S. The average molecular weight is 275 g/mol. The fraction of sp³-hybridized carbons (Fsp3) is 0.929. The summed E-state index contributed by atoms with van der Waals surface area (Å²) in [7, 11) is 0. The van der Waals surface area contributed by atoms with Crippen LogP contribution in [-0.2, 0) is 9.53 Å². The van der Waals surface area contributed by atoms with Gasteiger partial charge < -0.3 is 10.1 Å². The molecule has 0 rings (SSSR count). The van der Waals surface area contributed by atoms with Crippen molar-refractivity contribution in [3.8, 4) is 0 Å². The van der Waals surface area contributed by atoms with Crippen LogP contribution in [0.3, 0.4) is 0 Å². The molecular weight excluding hydrogens is 246 g/mol. The topological polar surface area (TPSA) is 38.3 Å². The molecule has 3 nitrogen and oxygen atoms in total. The monoisotopic (exact) mass is 275 g/mol. The predicted molar refractivity (Wildman–Crippen MR) is 80.1 cm³/mol. The first-order chi connectivity index (χ1) is 8.37. The summed E-state index contributed by atoms with van der Waals surface area (Å²) in [5, 5.41) is 3.87. The average Bonchev–Trinajstić information content (AvgIpc) is 2.33. The third-order valence-corrected chi connectivity index (χ3v) is 4.88. The highest BCUT2D eigenvalue weighted by molar-refractivity contribution is 8.00. The molecule has 0 radical (unpaired) electrons. The Morgan fingerprint density at radius 3 is 2.39 bits per heavy atom. The van der Waals surface area contributed by atoms with Crippen LogP contribution in [-0.4, -0.2) is 35.7 Å². The maximum absolute atomic E-state index is 12.1. The zero-order valence-corrected chi connectivity index (χ0v) is 13.5. The van der Waals surface area contributed by atoms with Crippen LogP contribution in [0.1, 0.15) is 48.0 Å². The zero-order chi connectivity index (χ0) is 14.2. The third-order valence-electron chi connectivity index (χ3n) is 3.06. The second kappa shape index (κ2) is 8.81. The highest BCUT2D eigenvalue weighted by atomic mass is 32.2. The van der Waals surface area contributed by atoms with Gasteiger partial charge in [0, 0.05) is 11.0 Å². The second-order valence-corrected chi connectivity index (χ2v) is 6.61. The smallest absolute Gasteiger partial charge is 0.326 e. The van der Waals surface area contributed by atoms with Gasteiger partial charge in [-0.2, -0.15) is 11.8 Å². The molecule has 18 heavy (non-hydrogen) atoms. The number of rotatable bonds is 9. The van der Waals surface area contributed by atoms with E-state index in [0.29, 0.717) is 17.8 Å². The van der Waals surface area contributed by atoms with Crippen LogP contribution in [0.2, 0.25) is 0 Å². The fourth-order valence-corrected chi connectivity index (χ4v) is 2.56. The quantitative estimate of drug-likeness (QED) is 0.656. The molecule has 0 aliphatic carbocycles. The molecule has 0 spiro atoms. The zero-order valence-electron chi connectivity index (χ0n) is 12.7. The molecule has 2 atom stereocenters. The lowest BCUT2D eigenvalue weighted by atomic mass is 10.1. The predicted octanol–water partition coefficient (Wildman–Crippen LogP) is 3.09. The highest BCUT2D eigenvalue weighted by Gasteiger charge is 2.34. The number of hydrogen-bond donors (Lipinski definition) is 1. The van der Waals surface area contributed by atoms with Crippen LogP contribution in [0.4, 0.5) is 0 Å². The Labute approximate surface area is 116 Å². The molecule has 0 heterocycles. The van der Waals surface area contributed by atoms with Gasteiger partial charge in [-0.05, 0) is 32.7 Å². The van der Waals surface area contributed by atoms with E-state index in [9.17, 15) is 4.79 Å². The van der Waals surface area contributed by atoms with Crippen LogP contribution in [0.25, 0.3) is 0 Å². The molecule has 0 fully saturated rings. The van der Waals surface area contributed by atoms with E-state index in [2.05, 4.69) is 33.0 Å². The number of carbonyl (C=O) groups excluding carboxylic acids is 1. The molecule has 0 aliphatic heterocycles. The summed E-state index contributed by atoms with van der Waals surface area (Å²) in [6, 6.07) is 0. The molecule has 0 aliphatic rings. The number of carbonyl (C=O) groups is 1. The molecule has 4 heteroatoms. The molecule has 0 aromatic heterocycles. The van der Waals surface area contributed by atoms with Gasteiger partial charge in [0.25, 0.3) is 0 Å². The maximum Gasteiger partial charge on any atom is 0.326 e. The van der Waals surface area contributed by atoms with Gasteiger partial charge in [0.15, 0.2) is 0 Å². The Kier molecular flexibility index (Phi) is 8.70. The van der Waals surface area contributed by atoms with Crippen LogP contribution >= 0.6 is 11.8 Å². The van der Waals surface area contributed by atoms with E-state index in [0.717, 1.165) is 18.7 Å². The number of nitrogens with one attached hydrogen (secondary N) is 1. The van der Waals surface area contributed by atoms with E-state index in [1.165, 1.54) is 0 Å². The van der Waals surface area contributed by atoms with Crippen molar-refractivity contribution >= 4 is 17.7 Å². The van der Waals surface area contributed by atoms with Gasteiger partial charge in [0.1, 0.15) is 5.54 Å². The summed E-state index contributed by atoms with van der Waals surface area (Å²) >= 11 is 1.83. The number of hydrogen-bond acceptors (Lipinski definition) is 4. The lowest BCUT2D eigenvalue weighted by Crippen LogP contribution is -2.53. The molecule has 0 saturated heterocycles. The first-order valence-corrected chi connectivity index (χ1v) is 7.96. The molecule has 0 saturated carbocycles. The van der Waals surface area contributed by atoms with Crippen molar-refractivity contribution in [2.75, 3.05) is 18.9 Å². The second-order valence-electron chi connectivity index (χ2n) is 5.24. The largest absolute Gasteiger partial charge is 0.465 e. The van der Waals surface area contributed by atoms with Crippen LogP contribution in [0.15, 0.2) is 0 Å². The molecule has 0 amide bonds. The van der Waals surface area contributed by atoms with Gasteiger partial charge in [-0.15, -0.1) is 0 Å². The summed E-state index contributed by atoms with van der Waals surface area (Å²) in [6.07, 6.45) is 1.01. The van der Waals surface area contributed by atoms with Gasteiger partial charge in [0.2, 0.25) is 0 Å². The SMILES string of the molecule is CCCNC(C)(CSC(C)C(C)C)C(=O)OCC. The van der Waals surface area contributed by atoms with E-state index >= 15 is 0 Å². The summed E-state index contributed by atoms with van der Waals surface area (Å²) in [5.74, 6) is 1.24. The Morgan fingerprint density at radius 1 is 1.33 bits per heavy atom. The van der Waals surface area contributed by atoms with Gasteiger partial charge in [-0.25, -0.2) is 0 Å². The van der Waals surface area contributed by atoms with Crippen LogP contribution < -0.4 is 5.32 Å². The molecule has 2 unspecified atom stereocenters. The minimum atomic E-state index is -0.570. The van der Waals surface area contributed by atoms with Crippen LogP contribution in [0, 0.1) is 5.92 Å². The lowest BCUT2D eigenvalue weighted by Gasteiger charge is -2.30. The van der Waals surface area contributed by atoms with Gasteiger partial charge in [0.05, 0.1) is 6.61 Å². The molecule has 108 valence electrons. The highest BCUT2D eigenvalue weighted by Crippen LogP contribution is 2.24. The van der Waals surface area contributed by atoms with E-state index in [1.54, 1.807) is 0 Å². The van der Waals surface area contributed by atoms with Crippen molar-refractivity contribution < 1.29 is 9.53 Å². The van der Waals surface area contributed by atoms with Crippen molar-refractivity contribution in [1.82, 2.24) is 5.32 Å². The van der Waals surface area contributed by atoms with Crippen molar-refractivity contribution in [2.24, 2.45) is 5.92 Å². The summed E-state index contributed by atoms with van der Waals surface area (Å²) in [6.45, 7) is 13.8. The number of esters is 1. The molecule has 1 N–H and O–H groups in total. The molecule has 0 aromatic carbocycles.